The Balaban J connectivity index is 1.75. The van der Waals surface area contributed by atoms with Crippen LogP contribution in [-0.2, 0) is 0 Å². The maximum atomic E-state index is 12.9. The summed E-state index contributed by atoms with van der Waals surface area (Å²) in [5, 5.41) is 16.8. The van der Waals surface area contributed by atoms with E-state index in [9.17, 15) is 9.90 Å². The lowest BCUT2D eigenvalue weighted by atomic mass is 9.97. The summed E-state index contributed by atoms with van der Waals surface area (Å²) in [6, 6.07) is 17.1. The fourth-order valence-electron chi connectivity index (χ4n) is 3.04. The Kier molecular flexibility index (Phi) is 4.22. The maximum Gasteiger partial charge on any atom is 0.310 e. The van der Waals surface area contributed by atoms with Crippen LogP contribution in [0.3, 0.4) is 0 Å². The van der Waals surface area contributed by atoms with Crippen molar-refractivity contribution in [3.05, 3.63) is 88.8 Å². The molecule has 26 heavy (non-hydrogen) atoms. The summed E-state index contributed by atoms with van der Waals surface area (Å²) in [6.07, 6.45) is 1.92. The highest BCUT2D eigenvalue weighted by atomic mass is 35.5. The summed E-state index contributed by atoms with van der Waals surface area (Å²) in [6.45, 7) is 0. The molecule has 0 saturated carbocycles. The molecule has 2 heterocycles. The zero-order valence-electron chi connectivity index (χ0n) is 13.7. The summed E-state index contributed by atoms with van der Waals surface area (Å²) >= 11 is 5.96. The Morgan fingerprint density at radius 3 is 2.58 bits per heavy atom. The van der Waals surface area contributed by atoms with Gasteiger partial charge >= 0.3 is 5.91 Å². The number of rotatable bonds is 3. The van der Waals surface area contributed by atoms with Gasteiger partial charge in [-0.15, -0.1) is 0 Å². The minimum absolute atomic E-state index is 0.127. The first kappa shape index (κ1) is 16.4. The number of amides is 1. The third-order valence-electron chi connectivity index (χ3n) is 4.32. The predicted molar refractivity (Wildman–Crippen MR) is 98.3 cm³/mol. The van der Waals surface area contributed by atoms with Crippen LogP contribution in [0.25, 0.3) is 0 Å². The number of hydrogen-bond donors (Lipinski definition) is 1. The van der Waals surface area contributed by atoms with E-state index >= 15 is 0 Å². The van der Waals surface area contributed by atoms with Crippen molar-refractivity contribution in [3.63, 3.8) is 0 Å². The number of carbonyl (C=O) groups is 1. The molecule has 1 aromatic heterocycles. The van der Waals surface area contributed by atoms with Crippen molar-refractivity contribution in [1.82, 2.24) is 5.01 Å². The topological polar surface area (TPSA) is 66.0 Å². The van der Waals surface area contributed by atoms with Crippen LogP contribution < -0.4 is 0 Å². The number of hydrogen-bond acceptors (Lipinski definition) is 4. The second-order valence-corrected chi connectivity index (χ2v) is 6.40. The van der Waals surface area contributed by atoms with E-state index in [0.29, 0.717) is 17.0 Å². The number of para-hydroxylation sites is 1. The molecular formula is C20H15ClN2O3. The largest absolute Gasteiger partial charge is 0.508 e. The van der Waals surface area contributed by atoms with E-state index in [1.807, 2.05) is 18.2 Å². The van der Waals surface area contributed by atoms with Crippen molar-refractivity contribution in [2.24, 2.45) is 5.10 Å². The molecule has 1 unspecified atom stereocenters. The van der Waals surface area contributed by atoms with Crippen LogP contribution >= 0.6 is 11.6 Å². The molecule has 0 saturated heterocycles. The second-order valence-electron chi connectivity index (χ2n) is 5.96. The van der Waals surface area contributed by atoms with Gasteiger partial charge in [0.05, 0.1) is 18.0 Å². The molecule has 2 aromatic carbocycles. The SMILES string of the molecule is O=C(c1ccco1)N1N=C(c2ccc(Cl)cc2)CC1c1ccccc1O. The third kappa shape index (κ3) is 2.97. The van der Waals surface area contributed by atoms with Gasteiger partial charge in [0.1, 0.15) is 5.75 Å². The van der Waals surface area contributed by atoms with Gasteiger partial charge in [-0.3, -0.25) is 4.79 Å². The van der Waals surface area contributed by atoms with Gasteiger partial charge in [-0.25, -0.2) is 5.01 Å². The quantitative estimate of drug-likeness (QED) is 0.734. The lowest BCUT2D eigenvalue weighted by molar-refractivity contribution is 0.0677. The van der Waals surface area contributed by atoms with E-state index in [0.717, 1.165) is 11.3 Å². The Morgan fingerprint density at radius 2 is 1.88 bits per heavy atom. The zero-order chi connectivity index (χ0) is 18.1. The van der Waals surface area contributed by atoms with Gasteiger partial charge in [-0.05, 0) is 35.9 Å². The van der Waals surface area contributed by atoms with Gasteiger partial charge in [0, 0.05) is 17.0 Å². The highest BCUT2D eigenvalue weighted by molar-refractivity contribution is 6.30. The average molecular weight is 367 g/mol. The van der Waals surface area contributed by atoms with Crippen molar-refractivity contribution in [3.8, 4) is 5.75 Å². The lowest BCUT2D eigenvalue weighted by Gasteiger charge is -2.21. The standard InChI is InChI=1S/C20H15ClN2O3/c21-14-9-7-13(8-10-14)16-12-17(15-4-1-2-5-18(15)24)23(22-16)20(25)19-6-3-11-26-19/h1-11,17,24H,12H2. The van der Waals surface area contributed by atoms with Crippen molar-refractivity contribution >= 4 is 23.2 Å². The molecule has 0 aliphatic carbocycles. The number of carbonyl (C=O) groups excluding carboxylic acids is 1. The van der Waals surface area contributed by atoms with Gasteiger partial charge in [0.2, 0.25) is 0 Å². The number of halogens is 1. The minimum atomic E-state index is -0.417. The predicted octanol–water partition coefficient (Wildman–Crippen LogP) is 4.63. The summed E-state index contributed by atoms with van der Waals surface area (Å²) in [5.41, 5.74) is 2.26. The number of phenols is 1. The lowest BCUT2D eigenvalue weighted by Crippen LogP contribution is -2.26. The van der Waals surface area contributed by atoms with Gasteiger partial charge < -0.3 is 9.52 Å². The smallest absolute Gasteiger partial charge is 0.310 e. The Morgan fingerprint density at radius 1 is 1.12 bits per heavy atom. The molecule has 6 heteroatoms. The minimum Gasteiger partial charge on any atom is -0.508 e. The molecule has 4 rings (SSSR count). The zero-order valence-corrected chi connectivity index (χ0v) is 14.4. The molecule has 1 aliphatic heterocycles. The number of hydrazone groups is 1. The highest BCUT2D eigenvalue weighted by Gasteiger charge is 2.35. The summed E-state index contributed by atoms with van der Waals surface area (Å²) in [4.78, 5) is 12.9. The van der Waals surface area contributed by atoms with Crippen molar-refractivity contribution < 1.29 is 14.3 Å². The fraction of sp³-hybridized carbons (Fsp3) is 0.100. The van der Waals surface area contributed by atoms with Gasteiger partial charge in [0.25, 0.3) is 0 Å². The molecule has 1 atom stereocenters. The first-order valence-corrected chi connectivity index (χ1v) is 8.49. The first-order valence-electron chi connectivity index (χ1n) is 8.12. The molecule has 1 aliphatic rings. The molecule has 0 spiro atoms. The van der Waals surface area contributed by atoms with Crippen LogP contribution in [-0.4, -0.2) is 21.7 Å². The van der Waals surface area contributed by atoms with Crippen LogP contribution in [0.2, 0.25) is 5.02 Å². The molecule has 1 N–H and O–H groups in total. The van der Waals surface area contributed by atoms with E-state index in [4.69, 9.17) is 16.0 Å². The van der Waals surface area contributed by atoms with Crippen LogP contribution in [0.4, 0.5) is 0 Å². The highest BCUT2D eigenvalue weighted by Crippen LogP contribution is 2.37. The Labute approximate surface area is 155 Å². The van der Waals surface area contributed by atoms with Gasteiger partial charge in [-0.2, -0.15) is 5.10 Å². The van der Waals surface area contributed by atoms with E-state index in [-0.39, 0.29) is 17.4 Å². The number of benzene rings is 2. The van der Waals surface area contributed by atoms with Crippen LogP contribution in [0.5, 0.6) is 5.75 Å². The summed E-state index contributed by atoms with van der Waals surface area (Å²) in [5.74, 6) is -0.0268. The van der Waals surface area contributed by atoms with Crippen LogP contribution in [0.15, 0.2) is 76.4 Å². The van der Waals surface area contributed by atoms with E-state index in [1.165, 1.54) is 11.3 Å². The maximum absolute atomic E-state index is 12.9. The normalized spacial score (nSPS) is 16.6. The first-order chi connectivity index (χ1) is 12.6. The molecular weight excluding hydrogens is 352 g/mol. The van der Waals surface area contributed by atoms with E-state index in [1.54, 1.807) is 42.5 Å². The van der Waals surface area contributed by atoms with Crippen molar-refractivity contribution in [2.45, 2.75) is 12.5 Å². The molecule has 5 nitrogen and oxygen atoms in total. The van der Waals surface area contributed by atoms with Crippen molar-refractivity contribution in [1.29, 1.82) is 0 Å². The second kappa shape index (κ2) is 6.69. The number of nitrogens with zero attached hydrogens (tertiary/aromatic N) is 2. The molecule has 0 bridgehead atoms. The van der Waals surface area contributed by atoms with E-state index < -0.39 is 6.04 Å². The molecule has 1 amide bonds. The molecule has 0 radical (unpaired) electrons. The summed E-state index contributed by atoms with van der Waals surface area (Å²) < 4.78 is 5.24. The monoisotopic (exact) mass is 366 g/mol. The average Bonchev–Trinajstić information content (AvgIpc) is 3.32. The fourth-order valence-corrected chi connectivity index (χ4v) is 3.17. The van der Waals surface area contributed by atoms with Crippen LogP contribution in [0.1, 0.15) is 34.1 Å². The number of furan rings is 1. The van der Waals surface area contributed by atoms with Crippen LogP contribution in [0, 0.1) is 0 Å². The van der Waals surface area contributed by atoms with Gasteiger partial charge in [0.15, 0.2) is 5.76 Å². The number of aromatic hydroxyl groups is 1. The summed E-state index contributed by atoms with van der Waals surface area (Å²) in [7, 11) is 0. The molecule has 130 valence electrons. The Hall–Kier alpha value is -3.05. The van der Waals surface area contributed by atoms with Gasteiger partial charge in [-0.1, -0.05) is 41.9 Å². The Bertz CT molecular complexity index is 965. The number of phenolic OH excluding ortho intramolecular Hbond substituents is 1. The van der Waals surface area contributed by atoms with E-state index in [2.05, 4.69) is 5.10 Å². The van der Waals surface area contributed by atoms with Crippen molar-refractivity contribution in [2.75, 3.05) is 0 Å². The molecule has 0 fully saturated rings. The molecule has 3 aromatic rings. The third-order valence-corrected chi connectivity index (χ3v) is 4.58.